The number of rotatable bonds is 7. The molecule has 6 heteroatoms. The van der Waals surface area contributed by atoms with Crippen LogP contribution in [0.1, 0.15) is 10.4 Å². The lowest BCUT2D eigenvalue weighted by Crippen LogP contribution is -2.28. The molecule has 0 spiro atoms. The van der Waals surface area contributed by atoms with Crippen LogP contribution in [0.2, 0.25) is 5.02 Å². The van der Waals surface area contributed by atoms with Gasteiger partial charge in [-0.25, -0.2) is 0 Å². The van der Waals surface area contributed by atoms with E-state index in [0.29, 0.717) is 30.3 Å². The van der Waals surface area contributed by atoms with Crippen molar-refractivity contribution in [2.75, 3.05) is 40.4 Å². The Labute approximate surface area is 127 Å². The number of hydrogen-bond donors (Lipinski definition) is 1. The molecule has 0 aliphatic rings. The average molecular weight is 350 g/mol. The van der Waals surface area contributed by atoms with E-state index in [0.717, 1.165) is 11.0 Å². The Morgan fingerprint density at radius 3 is 2.84 bits per heavy atom. The van der Waals surface area contributed by atoms with Crippen molar-refractivity contribution in [3.63, 3.8) is 0 Å². The minimum atomic E-state index is -0.161. The van der Waals surface area contributed by atoms with Crippen molar-refractivity contribution in [3.8, 4) is 0 Å². The molecule has 1 aromatic carbocycles. The van der Waals surface area contributed by atoms with Gasteiger partial charge in [0.05, 0.1) is 18.8 Å². The zero-order valence-electron chi connectivity index (χ0n) is 11.1. The van der Waals surface area contributed by atoms with Crippen LogP contribution in [0.15, 0.2) is 22.7 Å². The largest absolute Gasteiger partial charge is 0.378 e. The lowest BCUT2D eigenvalue weighted by molar-refractivity contribution is 0.0899. The number of benzene rings is 1. The van der Waals surface area contributed by atoms with Crippen molar-refractivity contribution in [1.29, 1.82) is 0 Å². The summed E-state index contributed by atoms with van der Waals surface area (Å²) < 4.78 is 6.12. The number of halogens is 2. The first-order valence-electron chi connectivity index (χ1n) is 5.96. The molecule has 0 saturated heterocycles. The summed E-state index contributed by atoms with van der Waals surface area (Å²) in [5.41, 5.74) is 0.529. The molecule has 106 valence electrons. The van der Waals surface area contributed by atoms with Crippen LogP contribution in [0.3, 0.4) is 0 Å². The molecule has 4 nitrogen and oxygen atoms in total. The number of carbonyl (C=O) groups excluding carboxylic acids is 1. The van der Waals surface area contributed by atoms with Gasteiger partial charge in [0.1, 0.15) is 0 Å². The molecular weight excluding hydrogens is 332 g/mol. The Morgan fingerprint density at radius 2 is 2.16 bits per heavy atom. The lowest BCUT2D eigenvalue weighted by Gasteiger charge is -2.10. The fourth-order valence-corrected chi connectivity index (χ4v) is 1.95. The van der Waals surface area contributed by atoms with E-state index in [4.69, 9.17) is 16.3 Å². The fraction of sp³-hybridized carbons (Fsp3) is 0.462. The highest BCUT2D eigenvalue weighted by atomic mass is 79.9. The molecule has 0 aromatic heterocycles. The number of carbonyl (C=O) groups is 1. The second-order valence-electron chi connectivity index (χ2n) is 4.30. The van der Waals surface area contributed by atoms with Crippen LogP contribution < -0.4 is 5.32 Å². The van der Waals surface area contributed by atoms with Crippen molar-refractivity contribution in [3.05, 3.63) is 33.3 Å². The molecular formula is C13H18BrClN2O2. The van der Waals surface area contributed by atoms with Crippen LogP contribution in [0.4, 0.5) is 0 Å². The summed E-state index contributed by atoms with van der Waals surface area (Å²) in [6.45, 7) is 2.50. The van der Waals surface area contributed by atoms with E-state index in [1.165, 1.54) is 0 Å². The van der Waals surface area contributed by atoms with Gasteiger partial charge in [-0.1, -0.05) is 11.6 Å². The number of nitrogens with one attached hydrogen (secondary N) is 1. The molecule has 0 atom stereocenters. The maximum atomic E-state index is 11.9. The van der Waals surface area contributed by atoms with Crippen LogP contribution in [-0.2, 0) is 4.74 Å². The molecule has 0 fully saturated rings. The van der Waals surface area contributed by atoms with Crippen molar-refractivity contribution in [1.82, 2.24) is 10.2 Å². The molecule has 1 aromatic rings. The van der Waals surface area contributed by atoms with Gasteiger partial charge in [-0.05, 0) is 48.2 Å². The van der Waals surface area contributed by atoms with Crippen LogP contribution in [0.5, 0.6) is 0 Å². The number of likely N-dealkylation sites (N-methyl/N-ethyl adjacent to an activating group) is 1. The highest BCUT2D eigenvalue weighted by Crippen LogP contribution is 2.20. The third-order valence-electron chi connectivity index (χ3n) is 2.39. The highest BCUT2D eigenvalue weighted by molar-refractivity contribution is 9.10. The van der Waals surface area contributed by atoms with Crippen molar-refractivity contribution in [2.24, 2.45) is 0 Å². The van der Waals surface area contributed by atoms with Crippen molar-refractivity contribution < 1.29 is 9.53 Å². The van der Waals surface area contributed by atoms with Gasteiger partial charge in [-0.3, -0.25) is 4.79 Å². The summed E-state index contributed by atoms with van der Waals surface area (Å²) in [6, 6.07) is 5.12. The maximum Gasteiger partial charge on any atom is 0.252 e. The lowest BCUT2D eigenvalue weighted by atomic mass is 10.2. The van der Waals surface area contributed by atoms with Gasteiger partial charge in [0.25, 0.3) is 5.91 Å². The topological polar surface area (TPSA) is 41.6 Å². The molecule has 1 amide bonds. The molecule has 1 rings (SSSR count). The molecule has 0 heterocycles. The summed E-state index contributed by atoms with van der Waals surface area (Å²) in [7, 11) is 3.98. The third kappa shape index (κ3) is 6.38. The summed E-state index contributed by atoms with van der Waals surface area (Å²) in [6.07, 6.45) is 0. The standard InChI is InChI=1S/C13H18BrClN2O2/c1-17(2)6-8-19-7-5-16-13(18)11-9-10(15)3-4-12(11)14/h3-4,9H,5-8H2,1-2H3,(H,16,18). The Bertz CT molecular complexity index is 427. The first kappa shape index (κ1) is 16.4. The molecule has 0 aliphatic carbocycles. The Kier molecular flexibility index (Phi) is 7.38. The minimum Gasteiger partial charge on any atom is -0.378 e. The van der Waals surface area contributed by atoms with E-state index < -0.39 is 0 Å². The van der Waals surface area contributed by atoms with Crippen LogP contribution in [0, 0.1) is 0 Å². The van der Waals surface area contributed by atoms with Crippen LogP contribution in [0.25, 0.3) is 0 Å². The number of hydrogen-bond acceptors (Lipinski definition) is 3. The Balaban J connectivity index is 2.29. The first-order valence-corrected chi connectivity index (χ1v) is 7.13. The number of ether oxygens (including phenoxy) is 1. The molecule has 0 unspecified atom stereocenters. The summed E-state index contributed by atoms with van der Waals surface area (Å²) >= 11 is 9.19. The third-order valence-corrected chi connectivity index (χ3v) is 3.31. The van der Waals surface area contributed by atoms with Crippen molar-refractivity contribution >= 4 is 33.4 Å². The van der Waals surface area contributed by atoms with E-state index in [2.05, 4.69) is 21.2 Å². The van der Waals surface area contributed by atoms with E-state index in [1.807, 2.05) is 19.0 Å². The predicted molar refractivity (Wildman–Crippen MR) is 80.9 cm³/mol. The van der Waals surface area contributed by atoms with Crippen molar-refractivity contribution in [2.45, 2.75) is 0 Å². The zero-order valence-corrected chi connectivity index (χ0v) is 13.4. The Morgan fingerprint density at radius 1 is 1.42 bits per heavy atom. The summed E-state index contributed by atoms with van der Waals surface area (Å²) in [4.78, 5) is 13.9. The number of amides is 1. The summed E-state index contributed by atoms with van der Waals surface area (Å²) in [5, 5.41) is 3.33. The summed E-state index contributed by atoms with van der Waals surface area (Å²) in [5.74, 6) is -0.161. The maximum absolute atomic E-state index is 11.9. The second kappa shape index (κ2) is 8.53. The quantitative estimate of drug-likeness (QED) is 0.769. The van der Waals surface area contributed by atoms with Gasteiger partial charge in [0, 0.05) is 22.6 Å². The normalized spacial score (nSPS) is 10.8. The molecule has 0 aliphatic heterocycles. The zero-order chi connectivity index (χ0) is 14.3. The fourth-order valence-electron chi connectivity index (χ4n) is 1.35. The van der Waals surface area contributed by atoms with Gasteiger partial charge in [-0.2, -0.15) is 0 Å². The van der Waals surface area contributed by atoms with E-state index in [9.17, 15) is 4.79 Å². The van der Waals surface area contributed by atoms with Gasteiger partial charge >= 0.3 is 0 Å². The number of nitrogens with zero attached hydrogens (tertiary/aromatic N) is 1. The van der Waals surface area contributed by atoms with Crippen LogP contribution in [-0.4, -0.2) is 51.2 Å². The van der Waals surface area contributed by atoms with E-state index >= 15 is 0 Å². The molecule has 0 radical (unpaired) electrons. The van der Waals surface area contributed by atoms with E-state index in [-0.39, 0.29) is 5.91 Å². The molecule has 1 N–H and O–H groups in total. The van der Waals surface area contributed by atoms with E-state index in [1.54, 1.807) is 18.2 Å². The highest BCUT2D eigenvalue weighted by Gasteiger charge is 2.09. The monoisotopic (exact) mass is 348 g/mol. The van der Waals surface area contributed by atoms with Gasteiger partial charge < -0.3 is 15.0 Å². The van der Waals surface area contributed by atoms with Gasteiger partial charge in [0.2, 0.25) is 0 Å². The van der Waals surface area contributed by atoms with Gasteiger partial charge in [-0.15, -0.1) is 0 Å². The van der Waals surface area contributed by atoms with Crippen LogP contribution >= 0.6 is 27.5 Å². The predicted octanol–water partition coefficient (Wildman–Crippen LogP) is 2.41. The second-order valence-corrected chi connectivity index (χ2v) is 5.59. The first-order chi connectivity index (χ1) is 9.00. The smallest absolute Gasteiger partial charge is 0.252 e. The molecule has 0 saturated carbocycles. The Hall–Kier alpha value is -0.620. The molecule has 19 heavy (non-hydrogen) atoms. The molecule has 0 bridgehead atoms. The van der Waals surface area contributed by atoms with Gasteiger partial charge in [0.15, 0.2) is 0 Å². The average Bonchev–Trinajstić information content (AvgIpc) is 2.36. The SMILES string of the molecule is CN(C)CCOCCNC(=O)c1cc(Cl)ccc1Br. The minimum absolute atomic E-state index is 0.161.